The molecule has 1 N–H and O–H groups in total. The highest BCUT2D eigenvalue weighted by atomic mass is 35.5. The van der Waals surface area contributed by atoms with Crippen molar-refractivity contribution in [2.24, 2.45) is 11.8 Å². The summed E-state index contributed by atoms with van der Waals surface area (Å²) in [7, 11) is 0. The summed E-state index contributed by atoms with van der Waals surface area (Å²) in [4.78, 5) is 29.7. The molecule has 1 aromatic carbocycles. The number of benzene rings is 1. The SMILES string of the molecule is CCC(C)C(NC(=O)c1cc(Cl)c(Oc2cnc(OCC(C)C)c(Cl)c2)cc1F)C(=O)OC(C)(C)C. The molecule has 1 aromatic heterocycles. The molecule has 0 bridgehead atoms. The van der Waals surface area contributed by atoms with Crippen LogP contribution in [0.1, 0.15) is 65.2 Å². The third-order valence-corrected chi connectivity index (χ3v) is 5.56. The Balaban J connectivity index is 2.21. The predicted molar refractivity (Wildman–Crippen MR) is 138 cm³/mol. The highest BCUT2D eigenvalue weighted by Gasteiger charge is 2.31. The van der Waals surface area contributed by atoms with Crippen molar-refractivity contribution in [1.29, 1.82) is 0 Å². The minimum absolute atomic E-state index is 0.0184. The van der Waals surface area contributed by atoms with Gasteiger partial charge in [0.1, 0.15) is 34.0 Å². The molecule has 2 rings (SSSR count). The molecule has 0 aliphatic heterocycles. The van der Waals surface area contributed by atoms with Crippen molar-refractivity contribution in [3.05, 3.63) is 45.8 Å². The van der Waals surface area contributed by atoms with Crippen molar-refractivity contribution < 1.29 is 28.2 Å². The number of esters is 1. The summed E-state index contributed by atoms with van der Waals surface area (Å²) in [5.41, 5.74) is -1.07. The van der Waals surface area contributed by atoms with Crippen LogP contribution in [0.4, 0.5) is 4.39 Å². The first-order valence-electron chi connectivity index (χ1n) is 11.7. The van der Waals surface area contributed by atoms with Crippen LogP contribution < -0.4 is 14.8 Å². The lowest BCUT2D eigenvalue weighted by Gasteiger charge is -2.27. The summed E-state index contributed by atoms with van der Waals surface area (Å²) in [6.07, 6.45) is 1.96. The molecule has 0 radical (unpaired) electrons. The van der Waals surface area contributed by atoms with Crippen LogP contribution in [-0.4, -0.2) is 35.1 Å². The molecular weight excluding hydrogens is 510 g/mol. The second kappa shape index (κ2) is 12.6. The molecule has 0 spiro atoms. The summed E-state index contributed by atoms with van der Waals surface area (Å²) in [5, 5.41) is 2.79. The van der Waals surface area contributed by atoms with Crippen LogP contribution in [0.2, 0.25) is 10.0 Å². The Morgan fingerprint density at radius 3 is 2.33 bits per heavy atom. The Kier molecular flexibility index (Phi) is 10.4. The van der Waals surface area contributed by atoms with Gasteiger partial charge in [-0.2, -0.15) is 0 Å². The highest BCUT2D eigenvalue weighted by Crippen LogP contribution is 2.34. The fourth-order valence-electron chi connectivity index (χ4n) is 2.98. The number of hydrogen-bond acceptors (Lipinski definition) is 6. The summed E-state index contributed by atoms with van der Waals surface area (Å²) in [5.74, 6) is -1.80. The van der Waals surface area contributed by atoms with Crippen LogP contribution in [0.3, 0.4) is 0 Å². The summed E-state index contributed by atoms with van der Waals surface area (Å²) >= 11 is 12.5. The Labute approximate surface area is 221 Å². The number of halogens is 3. The topological polar surface area (TPSA) is 86.8 Å². The van der Waals surface area contributed by atoms with Gasteiger partial charge in [0.05, 0.1) is 23.4 Å². The molecule has 0 saturated heterocycles. The predicted octanol–water partition coefficient (Wildman–Crippen LogP) is 6.84. The molecule has 2 unspecified atom stereocenters. The second-order valence-electron chi connectivity index (χ2n) is 9.90. The van der Waals surface area contributed by atoms with Crippen molar-refractivity contribution >= 4 is 35.1 Å². The monoisotopic (exact) mass is 542 g/mol. The van der Waals surface area contributed by atoms with Gasteiger partial charge in [0.2, 0.25) is 5.88 Å². The maximum absolute atomic E-state index is 14.9. The molecule has 2 atom stereocenters. The van der Waals surface area contributed by atoms with Gasteiger partial charge in [0, 0.05) is 12.1 Å². The van der Waals surface area contributed by atoms with E-state index >= 15 is 0 Å². The third-order valence-electron chi connectivity index (χ3n) is 4.99. The first-order valence-corrected chi connectivity index (χ1v) is 12.5. The van der Waals surface area contributed by atoms with E-state index in [1.54, 1.807) is 27.7 Å². The molecule has 1 amide bonds. The number of rotatable bonds is 10. The van der Waals surface area contributed by atoms with Crippen molar-refractivity contribution in [2.45, 2.75) is 66.5 Å². The van der Waals surface area contributed by atoms with Gasteiger partial charge < -0.3 is 19.5 Å². The van der Waals surface area contributed by atoms with Crippen molar-refractivity contribution in [1.82, 2.24) is 10.3 Å². The van der Waals surface area contributed by atoms with Crippen LogP contribution in [-0.2, 0) is 9.53 Å². The Morgan fingerprint density at radius 2 is 1.78 bits per heavy atom. The number of amides is 1. The lowest BCUT2D eigenvalue weighted by Crippen LogP contribution is -2.48. The van der Waals surface area contributed by atoms with E-state index in [0.717, 1.165) is 12.1 Å². The van der Waals surface area contributed by atoms with Gasteiger partial charge in [-0.05, 0) is 38.7 Å². The Bertz CT molecular complexity index is 1090. The molecule has 2 aromatic rings. The summed E-state index contributed by atoms with van der Waals surface area (Å²) < 4.78 is 31.5. The van der Waals surface area contributed by atoms with Crippen LogP contribution >= 0.6 is 23.2 Å². The van der Waals surface area contributed by atoms with Crippen molar-refractivity contribution in [3.8, 4) is 17.4 Å². The third kappa shape index (κ3) is 8.52. The number of pyridine rings is 1. The molecule has 198 valence electrons. The van der Waals surface area contributed by atoms with Crippen LogP contribution in [0.25, 0.3) is 0 Å². The fraction of sp³-hybridized carbons (Fsp3) is 0.500. The largest absolute Gasteiger partial charge is 0.476 e. The maximum atomic E-state index is 14.9. The zero-order chi connectivity index (χ0) is 27.2. The number of carbonyl (C=O) groups excluding carboxylic acids is 2. The van der Waals surface area contributed by atoms with Crippen molar-refractivity contribution in [3.63, 3.8) is 0 Å². The first-order chi connectivity index (χ1) is 16.7. The van der Waals surface area contributed by atoms with E-state index < -0.39 is 29.3 Å². The molecule has 0 aliphatic carbocycles. The zero-order valence-electron chi connectivity index (χ0n) is 21.6. The van der Waals surface area contributed by atoms with Gasteiger partial charge >= 0.3 is 5.97 Å². The second-order valence-corrected chi connectivity index (χ2v) is 10.7. The van der Waals surface area contributed by atoms with Gasteiger partial charge in [0.15, 0.2) is 0 Å². The van der Waals surface area contributed by atoms with E-state index in [4.69, 9.17) is 37.4 Å². The quantitative estimate of drug-likeness (QED) is 0.330. The molecule has 0 aliphatic rings. The van der Waals surface area contributed by atoms with E-state index in [-0.39, 0.29) is 38.9 Å². The standard InChI is InChI=1S/C26H33Cl2FN2O5/c1-8-15(4)22(25(33)36-26(5,6)7)31-23(32)17-10-18(27)21(11-20(17)29)35-16-9-19(28)24(30-12-16)34-13-14(2)3/h9-12,14-15,22H,8,13H2,1-7H3,(H,31,32). The first kappa shape index (κ1) is 29.6. The maximum Gasteiger partial charge on any atom is 0.329 e. The van der Waals surface area contributed by atoms with Gasteiger partial charge in [-0.25, -0.2) is 14.2 Å². The summed E-state index contributed by atoms with van der Waals surface area (Å²) in [6, 6.07) is 2.64. The minimum atomic E-state index is -0.958. The van der Waals surface area contributed by atoms with Crippen molar-refractivity contribution in [2.75, 3.05) is 6.61 Å². The number of carbonyl (C=O) groups is 2. The molecular formula is C26H33Cl2FN2O5. The van der Waals surface area contributed by atoms with E-state index in [1.807, 2.05) is 20.8 Å². The molecule has 7 nitrogen and oxygen atoms in total. The number of nitrogens with one attached hydrogen (secondary N) is 1. The van der Waals surface area contributed by atoms with Crippen LogP contribution in [0, 0.1) is 17.7 Å². The van der Waals surface area contributed by atoms with E-state index in [9.17, 15) is 14.0 Å². The Morgan fingerprint density at radius 1 is 1.11 bits per heavy atom. The molecule has 0 saturated carbocycles. The number of aromatic nitrogens is 1. The number of ether oxygens (including phenoxy) is 3. The molecule has 10 heteroatoms. The normalized spacial score (nSPS) is 13.2. The number of hydrogen-bond donors (Lipinski definition) is 1. The average molecular weight is 543 g/mol. The van der Waals surface area contributed by atoms with E-state index in [1.165, 1.54) is 12.3 Å². The van der Waals surface area contributed by atoms with Crippen LogP contribution in [0.5, 0.6) is 17.4 Å². The van der Waals surface area contributed by atoms with Crippen LogP contribution in [0.15, 0.2) is 24.4 Å². The average Bonchev–Trinajstić information content (AvgIpc) is 2.77. The zero-order valence-corrected chi connectivity index (χ0v) is 23.1. The van der Waals surface area contributed by atoms with Gasteiger partial charge in [0.25, 0.3) is 5.91 Å². The van der Waals surface area contributed by atoms with Gasteiger partial charge in [-0.1, -0.05) is 57.3 Å². The smallest absolute Gasteiger partial charge is 0.329 e. The fourth-order valence-corrected chi connectivity index (χ4v) is 3.39. The molecule has 36 heavy (non-hydrogen) atoms. The Hall–Kier alpha value is -2.58. The minimum Gasteiger partial charge on any atom is -0.476 e. The lowest BCUT2D eigenvalue weighted by atomic mass is 9.98. The highest BCUT2D eigenvalue weighted by molar-refractivity contribution is 6.32. The lowest BCUT2D eigenvalue weighted by molar-refractivity contribution is -0.158. The van der Waals surface area contributed by atoms with Gasteiger partial charge in [-0.3, -0.25) is 4.79 Å². The molecule has 0 fully saturated rings. The molecule has 1 heterocycles. The number of nitrogens with zero attached hydrogens (tertiary/aromatic N) is 1. The van der Waals surface area contributed by atoms with E-state index in [0.29, 0.717) is 18.9 Å². The summed E-state index contributed by atoms with van der Waals surface area (Å²) in [6.45, 7) is 13.3. The van der Waals surface area contributed by atoms with E-state index in [2.05, 4.69) is 10.3 Å². The van der Waals surface area contributed by atoms with Gasteiger partial charge in [-0.15, -0.1) is 0 Å².